The van der Waals surface area contributed by atoms with Crippen molar-refractivity contribution in [2.24, 2.45) is 5.90 Å². The molecular weight excluding hydrogens is 470 g/mol. The third kappa shape index (κ3) is 9.58. The minimum Gasteiger partial charge on any atom is -0.474 e. The molecule has 0 radical (unpaired) electrons. The van der Waals surface area contributed by atoms with Gasteiger partial charge in [0.05, 0.1) is 10.6 Å². The maximum Gasteiger partial charge on any atom is 0.430 e. The van der Waals surface area contributed by atoms with Gasteiger partial charge in [0.2, 0.25) is 12.9 Å². The van der Waals surface area contributed by atoms with E-state index in [1.807, 2.05) is 0 Å². The molecule has 0 aliphatic carbocycles. The number of carbonyl (C=O) groups excluding carboxylic acids is 1. The zero-order valence-electron chi connectivity index (χ0n) is 16.5. The molecule has 2 aliphatic heterocycles. The molecule has 1 aromatic rings. The number of aliphatic hydroxyl groups is 1. The molecular formula is C17H25Cl2F3N3O6+. The average Bonchev–Trinajstić information content (AvgIpc) is 3.33. The van der Waals surface area contributed by atoms with E-state index in [1.165, 1.54) is 38.1 Å². The van der Waals surface area contributed by atoms with E-state index in [2.05, 4.69) is 26.7 Å². The summed E-state index contributed by atoms with van der Waals surface area (Å²) in [7, 11) is 1.00. The summed E-state index contributed by atoms with van der Waals surface area (Å²) in [5.74, 6) is 5.40. The van der Waals surface area contributed by atoms with Gasteiger partial charge in [-0.1, -0.05) is 23.2 Å². The Morgan fingerprint density at radius 2 is 1.87 bits per heavy atom. The third-order valence-electron chi connectivity index (χ3n) is 3.61. The smallest absolute Gasteiger partial charge is 0.430 e. The Morgan fingerprint density at radius 3 is 2.32 bits per heavy atom. The lowest BCUT2D eigenvalue weighted by atomic mass is 10.0. The summed E-state index contributed by atoms with van der Waals surface area (Å²) in [5.41, 5.74) is -0.644. The number of halogens is 5. The predicted molar refractivity (Wildman–Crippen MR) is 106 cm³/mol. The predicted octanol–water partition coefficient (Wildman–Crippen LogP) is 1.69. The number of quaternary nitrogens is 1. The summed E-state index contributed by atoms with van der Waals surface area (Å²) in [6, 6.07) is 2.54. The zero-order valence-corrected chi connectivity index (χ0v) is 18.1. The topological polar surface area (TPSA) is 151 Å². The van der Waals surface area contributed by atoms with Crippen LogP contribution in [0.1, 0.15) is 18.4 Å². The van der Waals surface area contributed by atoms with Gasteiger partial charge >= 0.3 is 12.1 Å². The van der Waals surface area contributed by atoms with Crippen LogP contribution in [0.5, 0.6) is 5.75 Å². The fraction of sp³-hybridized carbons (Fsp3) is 0.471. The van der Waals surface area contributed by atoms with Gasteiger partial charge in [-0.2, -0.15) is 13.2 Å². The van der Waals surface area contributed by atoms with Gasteiger partial charge in [-0.25, -0.2) is 21.8 Å². The molecule has 8 N–H and O–H groups in total. The molecule has 1 unspecified atom stereocenters. The Hall–Kier alpha value is -1.64. The molecule has 2 heterocycles. The lowest BCUT2D eigenvalue weighted by Crippen LogP contribution is -2.42. The minimum atomic E-state index is -4.85. The van der Waals surface area contributed by atoms with Crippen molar-refractivity contribution >= 4 is 35.2 Å². The second kappa shape index (κ2) is 15.2. The van der Waals surface area contributed by atoms with Crippen molar-refractivity contribution in [1.29, 1.82) is 0 Å². The van der Waals surface area contributed by atoms with Crippen LogP contribution in [0.4, 0.5) is 13.2 Å². The van der Waals surface area contributed by atoms with Crippen LogP contribution in [0.3, 0.4) is 0 Å². The minimum absolute atomic E-state index is 0.106. The third-order valence-corrected chi connectivity index (χ3v) is 4.11. The fourth-order valence-corrected chi connectivity index (χ4v) is 3.00. The van der Waals surface area contributed by atoms with Crippen LogP contribution in [0.2, 0.25) is 10.0 Å². The van der Waals surface area contributed by atoms with Crippen molar-refractivity contribution in [3.05, 3.63) is 33.3 Å². The highest BCUT2D eigenvalue weighted by Crippen LogP contribution is 2.42. The van der Waals surface area contributed by atoms with Gasteiger partial charge in [0.1, 0.15) is 5.75 Å². The number of nitrogens with two attached hydrogens (primary N) is 1. The first kappa shape index (κ1) is 29.4. The van der Waals surface area contributed by atoms with Crippen LogP contribution in [0.25, 0.3) is 6.08 Å². The monoisotopic (exact) mass is 494 g/mol. The number of benzene rings is 1. The van der Waals surface area contributed by atoms with Crippen LogP contribution in [0, 0.1) is 0 Å². The summed E-state index contributed by atoms with van der Waals surface area (Å²) in [6.07, 6.45) is -3.65. The van der Waals surface area contributed by atoms with Gasteiger partial charge in [-0.05, 0) is 44.1 Å². The zero-order chi connectivity index (χ0) is 24.0. The molecule has 0 spiro atoms. The number of rotatable bonds is 3. The first-order valence-electron chi connectivity index (χ1n) is 8.64. The fourth-order valence-electron chi connectivity index (χ4n) is 2.44. The van der Waals surface area contributed by atoms with E-state index in [-0.39, 0.29) is 21.4 Å². The molecule has 0 aromatic heterocycles. The molecule has 1 saturated heterocycles. The highest BCUT2D eigenvalue weighted by molar-refractivity contribution is 6.36. The molecule has 31 heavy (non-hydrogen) atoms. The number of esters is 1. The lowest BCUT2D eigenvalue weighted by molar-refractivity contribution is -0.670. The van der Waals surface area contributed by atoms with Crippen molar-refractivity contribution in [3.8, 4) is 5.75 Å². The van der Waals surface area contributed by atoms with E-state index in [1.54, 1.807) is 0 Å². The van der Waals surface area contributed by atoms with E-state index >= 15 is 0 Å². The van der Waals surface area contributed by atoms with Gasteiger partial charge in [-0.3, -0.25) is 4.84 Å². The maximum absolute atomic E-state index is 13.1. The van der Waals surface area contributed by atoms with E-state index < -0.39 is 30.6 Å². The quantitative estimate of drug-likeness (QED) is 0.242. The van der Waals surface area contributed by atoms with E-state index in [0.717, 1.165) is 13.2 Å². The number of carbonyl (C=O) groups is 1. The number of hydrogen-bond acceptors (Lipinski definition) is 8. The highest BCUT2D eigenvalue weighted by atomic mass is 35.5. The summed E-state index contributed by atoms with van der Waals surface area (Å²) in [6.45, 7) is 1.80. The maximum atomic E-state index is 13.1. The second-order valence-electron chi connectivity index (χ2n) is 5.62. The van der Waals surface area contributed by atoms with Gasteiger partial charge in [0.25, 0.3) is 0 Å². The molecule has 0 bridgehead atoms. The Balaban J connectivity index is 0.000000845. The van der Waals surface area contributed by atoms with Crippen molar-refractivity contribution < 1.29 is 48.5 Å². The molecule has 9 nitrogen and oxygen atoms in total. The summed E-state index contributed by atoms with van der Waals surface area (Å²) >= 11 is 11.6. The van der Waals surface area contributed by atoms with Crippen molar-refractivity contribution in [3.63, 3.8) is 0 Å². The summed E-state index contributed by atoms with van der Waals surface area (Å²) < 4.78 is 48.5. The first-order valence-corrected chi connectivity index (χ1v) is 9.39. The molecule has 0 saturated carbocycles. The lowest BCUT2D eigenvalue weighted by Gasteiger charge is -2.28. The molecule has 178 valence electrons. The first-order chi connectivity index (χ1) is 14.7. The van der Waals surface area contributed by atoms with Gasteiger partial charge in [0.15, 0.2) is 0 Å². The number of fused-ring (bicyclic) bond motifs is 1. The molecule has 1 atom stereocenters. The largest absolute Gasteiger partial charge is 0.474 e. The van der Waals surface area contributed by atoms with Crippen LogP contribution < -0.4 is 21.8 Å². The van der Waals surface area contributed by atoms with Gasteiger partial charge in [-0.15, -0.1) is 0 Å². The molecule has 2 aliphatic rings. The number of alkyl halides is 3. The van der Waals surface area contributed by atoms with Crippen molar-refractivity contribution in [2.45, 2.75) is 25.1 Å². The molecule has 0 amide bonds. The Morgan fingerprint density at radius 1 is 1.29 bits per heavy atom. The molecule has 1 aromatic carbocycles. The van der Waals surface area contributed by atoms with Crippen molar-refractivity contribution in [2.75, 3.05) is 27.0 Å². The number of aliphatic hydroxyl groups excluding tert-OH is 1. The number of ether oxygens (including phenoxy) is 2. The number of hydrogen-bond donors (Lipinski definition) is 5. The Bertz CT molecular complexity index is 711. The Kier molecular flexibility index (Phi) is 14.4. The standard InChI is InChI=1S/C12H8Cl2F3NO4.C4H9N.CH4O.H4NO/c13-6-1-5-2-7(11(19)20-4-21-18)10(12(15,16)17)22-9(5)8(14)3-6;1-2-4-5-3-1;2*1-2/h1-3,10H,4,18H2;5H,1-4H2;2*2H,1H3/q;;;+1. The Labute approximate surface area is 186 Å². The van der Waals surface area contributed by atoms with Crippen LogP contribution in [0.15, 0.2) is 17.7 Å². The summed E-state index contributed by atoms with van der Waals surface area (Å²) in [4.78, 5) is 15.7. The number of nitrogens with one attached hydrogen (secondary N) is 1. The molecule has 14 heteroatoms. The van der Waals surface area contributed by atoms with E-state index in [4.69, 9.17) is 38.3 Å². The van der Waals surface area contributed by atoms with Crippen LogP contribution in [-0.2, 0) is 14.4 Å². The summed E-state index contributed by atoms with van der Waals surface area (Å²) in [5, 5.41) is 17.0. The molecule has 1 fully saturated rings. The van der Waals surface area contributed by atoms with E-state index in [9.17, 15) is 18.0 Å². The average molecular weight is 495 g/mol. The van der Waals surface area contributed by atoms with E-state index in [0.29, 0.717) is 0 Å². The van der Waals surface area contributed by atoms with Gasteiger partial charge < -0.3 is 19.9 Å². The van der Waals surface area contributed by atoms with Crippen molar-refractivity contribution in [1.82, 2.24) is 5.32 Å². The SMILES string of the molecule is C1CCNC1.CO.NOCOC(=O)C1=Cc2cc(Cl)cc(Cl)c2OC1C(F)(F)F.[NH3+]O. The normalized spacial score (nSPS) is 16.6. The second-order valence-corrected chi connectivity index (χ2v) is 6.46. The van der Waals surface area contributed by atoms with Gasteiger partial charge in [0, 0.05) is 17.7 Å². The highest BCUT2D eigenvalue weighted by Gasteiger charge is 2.49. The molecule has 3 rings (SSSR count). The van der Waals surface area contributed by atoms with Crippen LogP contribution >= 0.6 is 23.2 Å². The van der Waals surface area contributed by atoms with Crippen LogP contribution in [-0.4, -0.2) is 55.6 Å².